The summed E-state index contributed by atoms with van der Waals surface area (Å²) in [6.45, 7) is 11.1. The highest BCUT2D eigenvalue weighted by Gasteiger charge is 2.21. The van der Waals surface area contributed by atoms with Gasteiger partial charge in [-0.25, -0.2) is 9.78 Å². The van der Waals surface area contributed by atoms with Gasteiger partial charge in [0.2, 0.25) is 0 Å². The van der Waals surface area contributed by atoms with Crippen LogP contribution in [0.25, 0.3) is 22.0 Å². The van der Waals surface area contributed by atoms with E-state index in [1.54, 1.807) is 37.8 Å². The van der Waals surface area contributed by atoms with E-state index in [-0.39, 0.29) is 0 Å². The highest BCUT2D eigenvalue weighted by molar-refractivity contribution is 5.91. The van der Waals surface area contributed by atoms with Crippen LogP contribution >= 0.6 is 0 Å². The van der Waals surface area contributed by atoms with Crippen molar-refractivity contribution >= 4 is 22.7 Å². The third-order valence-corrected chi connectivity index (χ3v) is 4.99. The summed E-state index contributed by atoms with van der Waals surface area (Å²) < 4.78 is 5.41. The van der Waals surface area contributed by atoms with Crippen LogP contribution in [0, 0.1) is 6.92 Å². The molecule has 0 fully saturated rings. The Morgan fingerprint density at radius 2 is 1.84 bits per heavy atom. The Hall–Kier alpha value is -3.32. The minimum absolute atomic E-state index is 0.467. The smallest absolute Gasteiger partial charge is 0.415 e. The molecule has 0 saturated heterocycles. The van der Waals surface area contributed by atoms with Crippen LogP contribution in [0.2, 0.25) is 0 Å². The van der Waals surface area contributed by atoms with Gasteiger partial charge in [0.15, 0.2) is 0 Å². The first kappa shape index (κ1) is 23.3. The molecule has 0 aromatic carbocycles. The molecule has 3 heterocycles. The topological polar surface area (TPSA) is 88.4 Å². The summed E-state index contributed by atoms with van der Waals surface area (Å²) in [5, 5.41) is 12.0. The summed E-state index contributed by atoms with van der Waals surface area (Å²) in [6.07, 6.45) is 7.24. The number of aryl methyl sites for hydroxylation is 1. The van der Waals surface area contributed by atoms with Crippen molar-refractivity contribution in [2.45, 2.75) is 52.2 Å². The van der Waals surface area contributed by atoms with Crippen LogP contribution in [0.1, 0.15) is 51.0 Å². The number of nitrogens with zero attached hydrogens (tertiary/aromatic N) is 4. The second-order valence-corrected chi connectivity index (χ2v) is 8.80. The fraction of sp³-hybridized carbons (Fsp3) is 0.360. The molecule has 0 radical (unpaired) electrons. The molecule has 32 heavy (non-hydrogen) atoms. The molecule has 0 saturated carbocycles. The Labute approximate surface area is 188 Å². The fourth-order valence-corrected chi connectivity index (χ4v) is 3.23. The molecule has 3 aromatic heterocycles. The monoisotopic (exact) mass is 434 g/mol. The molecule has 3 rings (SSSR count). The van der Waals surface area contributed by atoms with E-state index in [1.807, 2.05) is 39.8 Å². The second kappa shape index (κ2) is 9.44. The van der Waals surface area contributed by atoms with Gasteiger partial charge in [0.25, 0.3) is 0 Å². The van der Waals surface area contributed by atoms with Crippen molar-refractivity contribution in [1.82, 2.24) is 15.0 Å². The molecule has 7 heteroatoms. The number of pyridine rings is 3. The van der Waals surface area contributed by atoms with Crippen molar-refractivity contribution in [3.8, 4) is 11.3 Å². The van der Waals surface area contributed by atoms with Crippen LogP contribution in [0.3, 0.4) is 0 Å². The molecular weight excluding hydrogens is 404 g/mol. The standard InChI is InChI=1S/C25H30N4O3/c1-7-8-9-22(30)21-10-16(2)19(15-27-21)20-11-17-14-28-23(12-18(17)13-26-20)29(6)24(31)32-25(3,4)5/h7,10-15,22,30H,1,8-9H2,2-6H3. The summed E-state index contributed by atoms with van der Waals surface area (Å²) >= 11 is 0. The maximum absolute atomic E-state index is 12.3. The predicted octanol–water partition coefficient (Wildman–Crippen LogP) is 5.37. The van der Waals surface area contributed by atoms with Crippen LogP contribution < -0.4 is 4.90 Å². The molecule has 1 N–H and O–H groups in total. The Bertz CT molecular complexity index is 1140. The van der Waals surface area contributed by atoms with E-state index >= 15 is 0 Å². The lowest BCUT2D eigenvalue weighted by Gasteiger charge is -2.24. The highest BCUT2D eigenvalue weighted by atomic mass is 16.6. The largest absolute Gasteiger partial charge is 0.443 e. The number of carbonyl (C=O) groups is 1. The minimum Gasteiger partial charge on any atom is -0.443 e. The van der Waals surface area contributed by atoms with Gasteiger partial charge in [-0.15, -0.1) is 6.58 Å². The number of anilines is 1. The number of hydrogen-bond acceptors (Lipinski definition) is 6. The maximum Gasteiger partial charge on any atom is 0.415 e. The van der Waals surface area contributed by atoms with Gasteiger partial charge in [0.05, 0.1) is 17.5 Å². The summed E-state index contributed by atoms with van der Waals surface area (Å²) in [4.78, 5) is 27.1. The third-order valence-electron chi connectivity index (χ3n) is 4.99. The lowest BCUT2D eigenvalue weighted by molar-refractivity contribution is 0.0588. The van der Waals surface area contributed by atoms with Gasteiger partial charge >= 0.3 is 6.09 Å². The van der Waals surface area contributed by atoms with E-state index in [0.29, 0.717) is 17.9 Å². The van der Waals surface area contributed by atoms with Crippen molar-refractivity contribution in [2.75, 3.05) is 11.9 Å². The highest BCUT2D eigenvalue weighted by Crippen LogP contribution is 2.28. The van der Waals surface area contributed by atoms with Gasteiger partial charge in [0.1, 0.15) is 11.4 Å². The number of aromatic nitrogens is 3. The second-order valence-electron chi connectivity index (χ2n) is 8.80. The first-order chi connectivity index (χ1) is 15.1. The first-order valence-electron chi connectivity index (χ1n) is 10.6. The van der Waals surface area contributed by atoms with Gasteiger partial charge in [0, 0.05) is 42.0 Å². The van der Waals surface area contributed by atoms with E-state index in [9.17, 15) is 9.90 Å². The maximum atomic E-state index is 12.3. The van der Waals surface area contributed by atoms with E-state index in [2.05, 4.69) is 21.5 Å². The number of allylic oxidation sites excluding steroid dienone is 1. The lowest BCUT2D eigenvalue weighted by Crippen LogP contribution is -2.34. The van der Waals surface area contributed by atoms with Crippen LogP contribution in [0.15, 0.2) is 49.4 Å². The molecule has 0 spiro atoms. The van der Waals surface area contributed by atoms with Crippen LogP contribution in [0.5, 0.6) is 0 Å². The van der Waals surface area contributed by atoms with Gasteiger partial charge in [-0.1, -0.05) is 6.08 Å². The normalized spacial score (nSPS) is 12.4. The van der Waals surface area contributed by atoms with Crippen molar-refractivity contribution in [3.63, 3.8) is 0 Å². The molecule has 3 aromatic rings. The average Bonchev–Trinajstić information content (AvgIpc) is 2.75. The quantitative estimate of drug-likeness (QED) is 0.525. The van der Waals surface area contributed by atoms with Crippen LogP contribution in [-0.2, 0) is 4.74 Å². The molecule has 0 bridgehead atoms. The van der Waals surface area contributed by atoms with Crippen molar-refractivity contribution < 1.29 is 14.6 Å². The number of carbonyl (C=O) groups excluding carboxylic acids is 1. The van der Waals surface area contributed by atoms with Gasteiger partial charge in [-0.3, -0.25) is 14.9 Å². The van der Waals surface area contributed by atoms with Crippen molar-refractivity contribution in [2.24, 2.45) is 0 Å². The number of aliphatic hydroxyl groups excluding tert-OH is 1. The average molecular weight is 435 g/mol. The Balaban J connectivity index is 1.85. The Kier molecular flexibility index (Phi) is 6.89. The van der Waals surface area contributed by atoms with Gasteiger partial charge < -0.3 is 9.84 Å². The summed E-state index contributed by atoms with van der Waals surface area (Å²) in [5.41, 5.74) is 2.70. The van der Waals surface area contributed by atoms with Gasteiger partial charge in [-0.2, -0.15) is 0 Å². The van der Waals surface area contributed by atoms with Crippen LogP contribution in [0.4, 0.5) is 10.6 Å². The molecule has 1 unspecified atom stereocenters. The molecule has 0 aliphatic heterocycles. The zero-order chi connectivity index (χ0) is 23.5. The number of hydrogen-bond donors (Lipinski definition) is 1. The predicted molar refractivity (Wildman–Crippen MR) is 127 cm³/mol. The SMILES string of the molecule is C=CCCC(O)c1cc(C)c(-c2cc3cnc(N(C)C(=O)OC(C)(C)C)cc3cn2)cn1. The van der Waals surface area contributed by atoms with E-state index in [0.717, 1.165) is 34.0 Å². The molecule has 1 atom stereocenters. The zero-order valence-electron chi connectivity index (χ0n) is 19.3. The number of rotatable bonds is 6. The zero-order valence-corrected chi connectivity index (χ0v) is 19.3. The molecule has 168 valence electrons. The Morgan fingerprint density at radius 3 is 2.50 bits per heavy atom. The molecule has 0 aliphatic rings. The number of aliphatic hydroxyl groups is 1. The summed E-state index contributed by atoms with van der Waals surface area (Å²) in [5.74, 6) is 0.483. The molecule has 0 aliphatic carbocycles. The molecule has 7 nitrogen and oxygen atoms in total. The third kappa shape index (κ3) is 5.48. The summed E-state index contributed by atoms with van der Waals surface area (Å²) in [6, 6.07) is 5.64. The van der Waals surface area contributed by atoms with Gasteiger partial charge in [-0.05, 0) is 64.3 Å². The fourth-order valence-electron chi connectivity index (χ4n) is 3.23. The number of fused-ring (bicyclic) bond motifs is 1. The lowest BCUT2D eigenvalue weighted by atomic mass is 10.0. The van der Waals surface area contributed by atoms with E-state index < -0.39 is 17.8 Å². The minimum atomic E-state index is -0.616. The Morgan fingerprint density at radius 1 is 1.16 bits per heavy atom. The van der Waals surface area contributed by atoms with E-state index in [4.69, 9.17) is 4.74 Å². The number of amides is 1. The summed E-state index contributed by atoms with van der Waals surface area (Å²) in [7, 11) is 1.63. The van der Waals surface area contributed by atoms with Crippen molar-refractivity contribution in [1.29, 1.82) is 0 Å². The van der Waals surface area contributed by atoms with E-state index in [1.165, 1.54) is 4.90 Å². The molecule has 1 amide bonds. The van der Waals surface area contributed by atoms with Crippen LogP contribution in [-0.4, -0.2) is 38.8 Å². The molecular formula is C25H30N4O3. The number of ether oxygens (including phenoxy) is 1. The van der Waals surface area contributed by atoms with Crippen molar-refractivity contribution in [3.05, 3.63) is 60.7 Å². The first-order valence-corrected chi connectivity index (χ1v) is 10.6.